The first kappa shape index (κ1) is 22.8. The third-order valence-corrected chi connectivity index (χ3v) is 7.06. The zero-order valence-electron chi connectivity index (χ0n) is 18.8. The number of primary amides is 1. The molecule has 3 aliphatic carbocycles. The summed E-state index contributed by atoms with van der Waals surface area (Å²) in [5.41, 5.74) is 3.15. The van der Waals surface area contributed by atoms with Gasteiger partial charge < -0.3 is 31.1 Å². The summed E-state index contributed by atoms with van der Waals surface area (Å²) in [4.78, 5) is 42.0. The number of aromatic hydroxyl groups is 1. The number of hydrogen-bond acceptors (Lipinski definition) is 9. The minimum Gasteiger partial charge on any atom is -0.508 e. The minimum absolute atomic E-state index is 0.0638. The Bertz CT molecular complexity index is 1170. The summed E-state index contributed by atoms with van der Waals surface area (Å²) >= 11 is 0. The summed E-state index contributed by atoms with van der Waals surface area (Å²) in [5.74, 6) is -6.54. The van der Waals surface area contributed by atoms with E-state index < -0.39 is 58.0 Å². The highest BCUT2D eigenvalue weighted by molar-refractivity contribution is 6.24. The van der Waals surface area contributed by atoms with Crippen molar-refractivity contribution in [2.75, 3.05) is 33.1 Å². The van der Waals surface area contributed by atoms with Crippen molar-refractivity contribution in [1.29, 1.82) is 0 Å². The second-order valence-corrected chi connectivity index (χ2v) is 9.31. The molecule has 1 aromatic carbocycles. The number of aliphatic hydroxyl groups excluding tert-OH is 2. The van der Waals surface area contributed by atoms with Crippen LogP contribution in [0.25, 0.3) is 5.76 Å². The summed E-state index contributed by atoms with van der Waals surface area (Å²) in [6.07, 6.45) is 0.324. The summed E-state index contributed by atoms with van der Waals surface area (Å²) < 4.78 is 0. The molecule has 0 heterocycles. The number of hydrogen-bond donors (Lipinski definition) is 5. The molecule has 4 rings (SSSR count). The van der Waals surface area contributed by atoms with E-state index in [1.807, 2.05) is 19.0 Å². The number of phenolic OH excluding ortho intramolecular Hbond substituents is 1. The molecule has 10 nitrogen and oxygen atoms in total. The average Bonchev–Trinajstić information content (AvgIpc) is 2.70. The Morgan fingerprint density at radius 2 is 1.76 bits per heavy atom. The zero-order chi connectivity index (χ0) is 24.6. The van der Waals surface area contributed by atoms with Gasteiger partial charge in [-0.2, -0.15) is 0 Å². The second kappa shape index (κ2) is 7.32. The number of fused-ring (bicyclic) bond motifs is 3. The molecule has 33 heavy (non-hydrogen) atoms. The van der Waals surface area contributed by atoms with Crippen molar-refractivity contribution in [3.63, 3.8) is 0 Å². The van der Waals surface area contributed by atoms with Gasteiger partial charge in [-0.1, -0.05) is 0 Å². The number of nitrogens with two attached hydrogens (primary N) is 1. The molecule has 0 radical (unpaired) electrons. The Morgan fingerprint density at radius 3 is 2.30 bits per heavy atom. The van der Waals surface area contributed by atoms with E-state index >= 15 is 0 Å². The number of amides is 1. The monoisotopic (exact) mass is 457 g/mol. The first-order valence-electron chi connectivity index (χ1n) is 10.5. The standard InChI is InChI=1S/C23H27N3O7/c1-25(2)12-5-6-13(27)15-10(12)7-9-8-11-17(26(3)4)19(29)16(22(24)32)21(31)23(11,33)20(30)14(9)18(15)28/h5-6,9,11,17,27-28,31,33H,7-8H2,1-4H3,(H2,24,32)/t9?,11?,17?,23-/m1/s1. The van der Waals surface area contributed by atoms with Gasteiger partial charge in [0.25, 0.3) is 5.91 Å². The van der Waals surface area contributed by atoms with E-state index in [1.165, 1.54) is 11.0 Å². The highest BCUT2D eigenvalue weighted by atomic mass is 16.3. The molecule has 10 heteroatoms. The molecule has 0 aliphatic heterocycles. The van der Waals surface area contributed by atoms with Crippen LogP contribution in [0.4, 0.5) is 5.69 Å². The van der Waals surface area contributed by atoms with Crippen molar-refractivity contribution >= 4 is 28.9 Å². The van der Waals surface area contributed by atoms with Crippen molar-refractivity contribution in [1.82, 2.24) is 4.90 Å². The third kappa shape index (κ3) is 2.90. The molecular weight excluding hydrogens is 430 g/mol. The van der Waals surface area contributed by atoms with E-state index in [1.54, 1.807) is 20.2 Å². The highest BCUT2D eigenvalue weighted by Crippen LogP contribution is 2.53. The Hall–Kier alpha value is -3.37. The lowest BCUT2D eigenvalue weighted by atomic mass is 9.57. The number of Topliss-reactive ketones (excluding diaryl/α,β-unsaturated/α-hetero) is 2. The van der Waals surface area contributed by atoms with E-state index in [9.17, 15) is 34.8 Å². The van der Waals surface area contributed by atoms with Gasteiger partial charge in [-0.05, 0) is 50.6 Å². The summed E-state index contributed by atoms with van der Waals surface area (Å²) in [5, 5.41) is 43.9. The van der Waals surface area contributed by atoms with Crippen molar-refractivity contribution in [2.45, 2.75) is 24.5 Å². The molecular formula is C23H27N3O7. The van der Waals surface area contributed by atoms with E-state index in [2.05, 4.69) is 0 Å². The van der Waals surface area contributed by atoms with Crippen LogP contribution < -0.4 is 10.6 Å². The molecule has 0 aromatic heterocycles. The van der Waals surface area contributed by atoms with E-state index in [0.717, 1.165) is 5.69 Å². The Morgan fingerprint density at radius 1 is 1.12 bits per heavy atom. The largest absolute Gasteiger partial charge is 0.508 e. The molecule has 0 saturated heterocycles. The first-order chi connectivity index (χ1) is 15.3. The van der Waals surface area contributed by atoms with E-state index in [-0.39, 0.29) is 29.7 Å². The molecule has 1 aromatic rings. The van der Waals surface area contributed by atoms with Crippen LogP contribution in [0.1, 0.15) is 17.5 Å². The molecule has 3 unspecified atom stereocenters. The fourth-order valence-corrected chi connectivity index (χ4v) is 5.65. The molecule has 1 fully saturated rings. The van der Waals surface area contributed by atoms with E-state index in [0.29, 0.717) is 5.56 Å². The van der Waals surface area contributed by atoms with Gasteiger partial charge in [0.1, 0.15) is 22.8 Å². The fourth-order valence-electron chi connectivity index (χ4n) is 5.65. The second-order valence-electron chi connectivity index (χ2n) is 9.31. The average molecular weight is 457 g/mol. The predicted molar refractivity (Wildman–Crippen MR) is 119 cm³/mol. The summed E-state index contributed by atoms with van der Waals surface area (Å²) in [7, 11) is 6.75. The van der Waals surface area contributed by atoms with Crippen LogP contribution in [0.15, 0.2) is 29.0 Å². The predicted octanol–water partition coefficient (Wildman–Crippen LogP) is 0.0300. The number of rotatable bonds is 3. The molecule has 1 saturated carbocycles. The molecule has 1 amide bonds. The van der Waals surface area contributed by atoms with Crippen LogP contribution in [0.5, 0.6) is 5.75 Å². The van der Waals surface area contributed by atoms with Gasteiger partial charge in [0.15, 0.2) is 11.4 Å². The number of ketones is 2. The number of phenols is 1. The van der Waals surface area contributed by atoms with Crippen LogP contribution in [-0.4, -0.2) is 82.6 Å². The van der Waals surface area contributed by atoms with Crippen LogP contribution in [0.2, 0.25) is 0 Å². The van der Waals surface area contributed by atoms with Crippen molar-refractivity contribution in [3.8, 4) is 5.75 Å². The van der Waals surface area contributed by atoms with Crippen LogP contribution in [-0.2, 0) is 20.8 Å². The maximum absolute atomic E-state index is 13.7. The first-order valence-corrected chi connectivity index (χ1v) is 10.5. The highest BCUT2D eigenvalue weighted by Gasteiger charge is 2.64. The minimum atomic E-state index is -2.63. The Kier molecular flexibility index (Phi) is 5.06. The van der Waals surface area contributed by atoms with Crippen molar-refractivity contribution < 1.29 is 34.8 Å². The summed E-state index contributed by atoms with van der Waals surface area (Å²) in [6.45, 7) is 0. The van der Waals surface area contributed by atoms with Gasteiger partial charge in [-0.25, -0.2) is 0 Å². The van der Waals surface area contributed by atoms with Gasteiger partial charge >= 0.3 is 0 Å². The molecule has 3 aliphatic rings. The van der Waals surface area contributed by atoms with Crippen LogP contribution in [0, 0.1) is 11.8 Å². The smallest absolute Gasteiger partial charge is 0.255 e. The van der Waals surface area contributed by atoms with Gasteiger partial charge in [0.2, 0.25) is 5.78 Å². The molecule has 6 N–H and O–H groups in total. The SMILES string of the molecule is CN(C)c1ccc(O)c2c1CC1CC3C(N(C)C)C(=O)C(C(N)=O)=C(O)[C@]3(O)C(=O)C1=C2O. The van der Waals surface area contributed by atoms with Gasteiger partial charge in [0.05, 0.1) is 11.6 Å². The van der Waals surface area contributed by atoms with Crippen molar-refractivity contribution in [3.05, 3.63) is 40.2 Å². The lowest BCUT2D eigenvalue weighted by Gasteiger charge is -2.50. The Balaban J connectivity index is 1.99. The van der Waals surface area contributed by atoms with E-state index in [4.69, 9.17) is 5.73 Å². The number of likely N-dealkylation sites (N-methyl/N-ethyl adjacent to an activating group) is 1. The lowest BCUT2D eigenvalue weighted by molar-refractivity contribution is -0.153. The number of carbonyl (C=O) groups excluding carboxylic acids is 3. The third-order valence-electron chi connectivity index (χ3n) is 7.06. The quantitative estimate of drug-likeness (QED) is 0.394. The number of anilines is 1. The van der Waals surface area contributed by atoms with Crippen LogP contribution in [0.3, 0.4) is 0 Å². The summed E-state index contributed by atoms with van der Waals surface area (Å²) in [6, 6.07) is 2.01. The molecule has 4 atom stereocenters. The molecule has 0 spiro atoms. The maximum Gasteiger partial charge on any atom is 0.255 e. The Labute approximate surface area is 190 Å². The number of nitrogens with zero attached hydrogens (tertiary/aromatic N) is 2. The van der Waals surface area contributed by atoms with Gasteiger partial charge in [-0.15, -0.1) is 0 Å². The number of benzene rings is 1. The molecule has 0 bridgehead atoms. The normalized spacial score (nSPS) is 29.1. The molecule has 176 valence electrons. The van der Waals surface area contributed by atoms with Crippen molar-refractivity contribution in [2.24, 2.45) is 17.6 Å². The fraction of sp³-hybridized carbons (Fsp3) is 0.435. The maximum atomic E-state index is 13.7. The number of carbonyl (C=O) groups is 3. The van der Waals surface area contributed by atoms with Gasteiger partial charge in [0, 0.05) is 31.3 Å². The number of aliphatic hydroxyl groups is 3. The topological polar surface area (TPSA) is 165 Å². The van der Waals surface area contributed by atoms with Crippen LogP contribution >= 0.6 is 0 Å². The van der Waals surface area contributed by atoms with Gasteiger partial charge in [-0.3, -0.25) is 19.3 Å². The zero-order valence-corrected chi connectivity index (χ0v) is 18.8. The lowest BCUT2D eigenvalue weighted by Crippen LogP contribution is -2.65.